The third-order valence-electron chi connectivity index (χ3n) is 7.78. The molecule has 1 atom stereocenters. The Kier molecular flexibility index (Phi) is 30.9. The van der Waals surface area contributed by atoms with Crippen molar-refractivity contribution in [3.8, 4) is 0 Å². The number of hydrogen-bond acceptors (Lipinski definition) is 6. The van der Waals surface area contributed by atoms with Crippen LogP contribution in [0.1, 0.15) is 181 Å². The summed E-state index contributed by atoms with van der Waals surface area (Å²) in [5.74, 6) is -0.891. The van der Waals surface area contributed by atoms with Gasteiger partial charge in [0.2, 0.25) is 0 Å². The lowest BCUT2D eigenvalue weighted by atomic mass is 10.1. The molecule has 0 rings (SSSR count). The Hall–Kier alpha value is -1.21. The SMILES string of the molecule is CCCCCCCCC/C=C\CCCCCCCC(=O)O[C@H](COC(=O)CCCCCCCCCCCC)COP(=O)(O)O. The average Bonchev–Trinajstić information content (AvgIpc) is 2.98. The molecule has 0 radical (unpaired) electrons. The number of unbranched alkanes of at least 4 members (excludes halogenated alkanes) is 21. The summed E-state index contributed by atoms with van der Waals surface area (Å²) in [7, 11) is -4.74. The highest BCUT2D eigenvalue weighted by Crippen LogP contribution is 2.36. The average molecular weight is 647 g/mol. The van der Waals surface area contributed by atoms with Gasteiger partial charge in [-0.15, -0.1) is 0 Å². The van der Waals surface area contributed by atoms with Crippen molar-refractivity contribution in [1.82, 2.24) is 0 Å². The van der Waals surface area contributed by atoms with Gasteiger partial charge in [0.1, 0.15) is 6.61 Å². The van der Waals surface area contributed by atoms with Crippen LogP contribution in [0.3, 0.4) is 0 Å². The maximum Gasteiger partial charge on any atom is 0.469 e. The van der Waals surface area contributed by atoms with Crippen LogP contribution >= 0.6 is 7.82 Å². The molecule has 0 unspecified atom stereocenters. The van der Waals surface area contributed by atoms with Crippen LogP contribution in [0.2, 0.25) is 0 Å². The molecule has 0 heterocycles. The van der Waals surface area contributed by atoms with Crippen molar-refractivity contribution < 1.29 is 37.9 Å². The van der Waals surface area contributed by atoms with Crippen molar-refractivity contribution in [2.24, 2.45) is 0 Å². The molecule has 0 spiro atoms. The number of carbonyl (C=O) groups excluding carboxylic acids is 2. The van der Waals surface area contributed by atoms with Gasteiger partial charge in [0.05, 0.1) is 6.61 Å². The zero-order valence-corrected chi connectivity index (χ0v) is 29.2. The van der Waals surface area contributed by atoms with E-state index in [1.54, 1.807) is 0 Å². The van der Waals surface area contributed by atoms with Gasteiger partial charge in [0, 0.05) is 12.8 Å². The first-order valence-corrected chi connectivity index (χ1v) is 19.5. The van der Waals surface area contributed by atoms with E-state index in [0.29, 0.717) is 6.42 Å². The molecule has 0 aliphatic heterocycles. The van der Waals surface area contributed by atoms with Gasteiger partial charge in [-0.05, 0) is 38.5 Å². The highest BCUT2D eigenvalue weighted by molar-refractivity contribution is 7.46. The maximum atomic E-state index is 12.3. The predicted molar refractivity (Wildman–Crippen MR) is 179 cm³/mol. The molecule has 9 heteroatoms. The van der Waals surface area contributed by atoms with Crippen LogP contribution in [-0.2, 0) is 28.2 Å². The summed E-state index contributed by atoms with van der Waals surface area (Å²) in [6.07, 6.45) is 32.2. The van der Waals surface area contributed by atoms with Crippen molar-refractivity contribution in [1.29, 1.82) is 0 Å². The van der Waals surface area contributed by atoms with Crippen molar-refractivity contribution in [3.05, 3.63) is 12.2 Å². The van der Waals surface area contributed by atoms with Crippen molar-refractivity contribution in [2.45, 2.75) is 187 Å². The minimum absolute atomic E-state index is 0.206. The van der Waals surface area contributed by atoms with Crippen LogP contribution in [0.25, 0.3) is 0 Å². The standard InChI is InChI=1S/C35H67O8P/c1-3-5-7-9-11-13-15-16-17-18-19-20-22-24-26-28-30-35(37)43-33(32-42-44(38,39)40)31-41-34(36)29-27-25-23-21-14-12-10-8-6-4-2/h17-18,33H,3-16,19-32H2,1-2H3,(H2,38,39,40)/b18-17-/t33-/m1/s1. The molecule has 260 valence electrons. The quantitative estimate of drug-likeness (QED) is 0.0313. The monoisotopic (exact) mass is 646 g/mol. The van der Waals surface area contributed by atoms with Gasteiger partial charge in [-0.25, -0.2) is 4.57 Å². The Balaban J connectivity index is 3.97. The van der Waals surface area contributed by atoms with Crippen LogP contribution in [0.15, 0.2) is 12.2 Å². The van der Waals surface area contributed by atoms with Gasteiger partial charge >= 0.3 is 19.8 Å². The zero-order chi connectivity index (χ0) is 32.6. The Morgan fingerprint density at radius 3 is 1.39 bits per heavy atom. The summed E-state index contributed by atoms with van der Waals surface area (Å²) in [6, 6.07) is 0. The summed E-state index contributed by atoms with van der Waals surface area (Å²) < 4.78 is 26.2. The van der Waals surface area contributed by atoms with Crippen LogP contribution in [0, 0.1) is 0 Å². The van der Waals surface area contributed by atoms with Gasteiger partial charge in [-0.2, -0.15) is 0 Å². The topological polar surface area (TPSA) is 119 Å². The minimum Gasteiger partial charge on any atom is -0.462 e. The molecular formula is C35H67O8P. The second kappa shape index (κ2) is 31.8. The second-order valence-electron chi connectivity index (χ2n) is 12.2. The molecule has 0 aromatic carbocycles. The maximum absolute atomic E-state index is 12.3. The van der Waals surface area contributed by atoms with E-state index in [1.165, 1.54) is 96.3 Å². The molecule has 0 aliphatic carbocycles. The Morgan fingerprint density at radius 2 is 0.955 bits per heavy atom. The summed E-state index contributed by atoms with van der Waals surface area (Å²) in [5, 5.41) is 0. The molecule has 0 fully saturated rings. The summed E-state index contributed by atoms with van der Waals surface area (Å²) in [6.45, 7) is 3.65. The first kappa shape index (κ1) is 42.8. The van der Waals surface area contributed by atoms with Crippen molar-refractivity contribution >= 4 is 19.8 Å². The fourth-order valence-corrected chi connectivity index (χ4v) is 5.43. The van der Waals surface area contributed by atoms with E-state index < -0.39 is 32.5 Å². The number of allylic oxidation sites excluding steroid dienone is 2. The molecule has 0 aliphatic rings. The first-order valence-electron chi connectivity index (χ1n) is 18.0. The van der Waals surface area contributed by atoms with E-state index in [-0.39, 0.29) is 19.4 Å². The lowest BCUT2D eigenvalue weighted by Crippen LogP contribution is -2.29. The van der Waals surface area contributed by atoms with Crippen molar-refractivity contribution in [3.63, 3.8) is 0 Å². The Morgan fingerprint density at radius 1 is 0.568 bits per heavy atom. The van der Waals surface area contributed by atoms with E-state index >= 15 is 0 Å². The van der Waals surface area contributed by atoms with Crippen molar-refractivity contribution in [2.75, 3.05) is 13.2 Å². The second-order valence-corrected chi connectivity index (χ2v) is 13.4. The molecule has 44 heavy (non-hydrogen) atoms. The highest BCUT2D eigenvalue weighted by Gasteiger charge is 2.22. The van der Waals surface area contributed by atoms with Gasteiger partial charge in [0.15, 0.2) is 6.10 Å². The lowest BCUT2D eigenvalue weighted by molar-refractivity contribution is -0.161. The van der Waals surface area contributed by atoms with Gasteiger partial charge in [-0.1, -0.05) is 142 Å². The van der Waals surface area contributed by atoms with E-state index in [4.69, 9.17) is 19.3 Å². The molecule has 2 N–H and O–H groups in total. The molecule has 0 saturated heterocycles. The minimum atomic E-state index is -4.74. The number of phosphoric ester groups is 1. The van der Waals surface area contributed by atoms with E-state index in [1.807, 2.05) is 0 Å². The van der Waals surface area contributed by atoms with Gasteiger partial charge in [-0.3, -0.25) is 14.1 Å². The number of hydrogen-bond donors (Lipinski definition) is 2. The predicted octanol–water partition coefficient (Wildman–Crippen LogP) is 10.3. The fourth-order valence-electron chi connectivity index (χ4n) is 5.07. The molecule has 0 aromatic heterocycles. The third-order valence-corrected chi connectivity index (χ3v) is 8.27. The van der Waals surface area contributed by atoms with Crippen LogP contribution in [-0.4, -0.2) is 41.0 Å². The number of rotatable bonds is 33. The summed E-state index contributed by atoms with van der Waals surface area (Å²) in [4.78, 5) is 42.5. The van der Waals surface area contributed by atoms with Crippen LogP contribution < -0.4 is 0 Å². The summed E-state index contributed by atoms with van der Waals surface area (Å²) >= 11 is 0. The number of carbonyl (C=O) groups is 2. The normalized spacial score (nSPS) is 12.5. The number of ether oxygens (including phenoxy) is 2. The van der Waals surface area contributed by atoms with E-state index in [0.717, 1.165) is 51.4 Å². The molecular weight excluding hydrogens is 579 g/mol. The molecule has 0 amide bonds. The molecule has 0 aromatic rings. The lowest BCUT2D eigenvalue weighted by Gasteiger charge is -2.18. The van der Waals surface area contributed by atoms with E-state index in [9.17, 15) is 14.2 Å². The summed E-state index contributed by atoms with van der Waals surface area (Å²) in [5.41, 5.74) is 0. The molecule has 0 bridgehead atoms. The number of esters is 2. The number of phosphoric acid groups is 1. The zero-order valence-electron chi connectivity index (χ0n) is 28.3. The third kappa shape index (κ3) is 33.7. The largest absolute Gasteiger partial charge is 0.469 e. The van der Waals surface area contributed by atoms with Gasteiger partial charge < -0.3 is 19.3 Å². The smallest absolute Gasteiger partial charge is 0.462 e. The first-order chi connectivity index (χ1) is 21.3. The van der Waals surface area contributed by atoms with E-state index in [2.05, 4.69) is 30.5 Å². The van der Waals surface area contributed by atoms with Gasteiger partial charge in [0.25, 0.3) is 0 Å². The fraction of sp³-hybridized carbons (Fsp3) is 0.886. The van der Waals surface area contributed by atoms with Crippen LogP contribution in [0.4, 0.5) is 0 Å². The van der Waals surface area contributed by atoms with Crippen LogP contribution in [0.5, 0.6) is 0 Å². The molecule has 8 nitrogen and oxygen atoms in total. The Labute approximate surface area is 269 Å². The molecule has 0 saturated carbocycles. The highest BCUT2D eigenvalue weighted by atomic mass is 31.2. The Bertz CT molecular complexity index is 736.